The smallest absolute Gasteiger partial charge is 0.360 e. The van der Waals surface area contributed by atoms with E-state index in [1.54, 1.807) is 0 Å². The number of halogens is 1. The van der Waals surface area contributed by atoms with Gasteiger partial charge in [0, 0.05) is 12.1 Å². The molecule has 0 saturated carbocycles. The summed E-state index contributed by atoms with van der Waals surface area (Å²) in [6, 6.07) is 17.6. The van der Waals surface area contributed by atoms with Crippen LogP contribution in [0.5, 0.6) is 5.75 Å². The standard InChI is InChI=1S/C18H15O3.ClHO4/c1-20-18(19)12-14-11-17(13-7-3-2-4-8-13)21-16-10-6-5-9-15(14)16;2-1(3,4)5/h2-10,12H,11H2,1H3;(H,2,3,4,5)/q+1;/p-1. The van der Waals surface area contributed by atoms with E-state index in [-0.39, 0.29) is 5.97 Å². The van der Waals surface area contributed by atoms with Crippen molar-refractivity contribution >= 4 is 17.3 Å². The maximum absolute atomic E-state index is 11.6. The average molecular weight is 379 g/mol. The van der Waals surface area contributed by atoms with Gasteiger partial charge < -0.3 is 4.74 Å². The first kappa shape index (κ1) is 19.8. The average Bonchev–Trinajstić information content (AvgIpc) is 2.61. The molecule has 0 radical (unpaired) electrons. The Hall–Kier alpha value is -2.55. The van der Waals surface area contributed by atoms with Crippen LogP contribution in [0.1, 0.15) is 22.0 Å². The molecule has 0 aliphatic carbocycles. The van der Waals surface area contributed by atoms with E-state index in [4.69, 9.17) is 27.8 Å². The van der Waals surface area contributed by atoms with Gasteiger partial charge in [-0.25, -0.2) is 27.9 Å². The Morgan fingerprint density at radius 2 is 1.62 bits per heavy atom. The van der Waals surface area contributed by atoms with Crippen LogP contribution in [-0.4, -0.2) is 18.9 Å². The molecule has 0 spiro atoms. The first-order valence-corrected chi connectivity index (χ1v) is 8.60. The van der Waals surface area contributed by atoms with Crippen LogP contribution in [0.25, 0.3) is 5.57 Å². The molecular weight excluding hydrogens is 364 g/mol. The number of ketones is 1. The lowest BCUT2D eigenvalue weighted by molar-refractivity contribution is -2.00. The van der Waals surface area contributed by atoms with Crippen LogP contribution in [0.4, 0.5) is 0 Å². The second-order valence-electron chi connectivity index (χ2n) is 5.13. The predicted octanol–water partition coefficient (Wildman–Crippen LogP) is -0.977. The number of benzene rings is 2. The van der Waals surface area contributed by atoms with Gasteiger partial charge >= 0.3 is 17.5 Å². The maximum atomic E-state index is 11.6. The molecule has 0 N–H and O–H groups in total. The molecule has 0 aromatic heterocycles. The van der Waals surface area contributed by atoms with Crippen LogP contribution < -0.4 is 18.6 Å². The summed E-state index contributed by atoms with van der Waals surface area (Å²) in [7, 11) is -3.56. The fourth-order valence-corrected chi connectivity index (χ4v) is 2.37. The van der Waals surface area contributed by atoms with Gasteiger partial charge in [-0.15, -0.1) is 10.2 Å². The van der Waals surface area contributed by atoms with Crippen molar-refractivity contribution in [2.75, 3.05) is 7.11 Å². The van der Waals surface area contributed by atoms with Gasteiger partial charge in [0.05, 0.1) is 24.7 Å². The highest BCUT2D eigenvalue weighted by molar-refractivity contribution is 6.07. The number of fused-ring (bicyclic) bond motifs is 1. The van der Waals surface area contributed by atoms with E-state index in [9.17, 15) is 4.79 Å². The molecule has 0 atom stereocenters. The quantitative estimate of drug-likeness (QED) is 0.375. The Morgan fingerprint density at radius 3 is 2.23 bits per heavy atom. The molecule has 26 heavy (non-hydrogen) atoms. The normalized spacial score (nSPS) is 14.7. The third-order valence-corrected chi connectivity index (χ3v) is 3.41. The van der Waals surface area contributed by atoms with Gasteiger partial charge in [-0.1, -0.05) is 30.3 Å². The van der Waals surface area contributed by atoms with Gasteiger partial charge in [-0.05, 0) is 23.8 Å². The minimum Gasteiger partial charge on any atom is -0.466 e. The van der Waals surface area contributed by atoms with Crippen LogP contribution in [0.3, 0.4) is 0 Å². The van der Waals surface area contributed by atoms with Gasteiger partial charge in [-0.3, -0.25) is 0 Å². The number of hydrogen-bond donors (Lipinski definition) is 0. The SMILES string of the molecule is COC(=O)C=C1CC(c2ccccc2)=[O+]c2ccccc21.[O-][Cl+3]([O-])([O-])[O-]. The molecule has 2 aromatic carbocycles. The number of allylic oxidation sites excluding steroid dienone is 1. The molecule has 0 amide bonds. The van der Waals surface area contributed by atoms with Crippen molar-refractivity contribution in [3.8, 4) is 5.75 Å². The molecule has 1 heterocycles. The Balaban J connectivity index is 0.000000431. The van der Waals surface area contributed by atoms with Crippen molar-refractivity contribution < 1.29 is 42.8 Å². The lowest BCUT2D eigenvalue weighted by atomic mass is 9.94. The van der Waals surface area contributed by atoms with Crippen LogP contribution in [0.15, 0.2) is 60.7 Å². The molecule has 0 saturated heterocycles. The van der Waals surface area contributed by atoms with E-state index in [1.165, 1.54) is 13.2 Å². The Morgan fingerprint density at radius 1 is 1.04 bits per heavy atom. The van der Waals surface area contributed by atoms with E-state index >= 15 is 0 Å². The summed E-state index contributed by atoms with van der Waals surface area (Å²) in [6.07, 6.45) is 2.10. The van der Waals surface area contributed by atoms with Gasteiger partial charge in [0.25, 0.3) is 0 Å². The first-order chi connectivity index (χ1) is 12.3. The summed E-state index contributed by atoms with van der Waals surface area (Å²) in [5, 5.41) is 0. The highest BCUT2D eigenvalue weighted by atomic mass is 35.7. The molecule has 0 fully saturated rings. The Labute approximate surface area is 151 Å². The largest absolute Gasteiger partial charge is 0.466 e. The zero-order valence-electron chi connectivity index (χ0n) is 13.7. The number of hydrogen-bond acceptors (Lipinski definition) is 6. The minimum absolute atomic E-state index is 0.353. The third-order valence-electron chi connectivity index (χ3n) is 3.41. The van der Waals surface area contributed by atoms with Crippen LogP contribution in [0, 0.1) is 10.2 Å². The van der Waals surface area contributed by atoms with E-state index in [0.717, 1.165) is 28.2 Å². The zero-order chi connectivity index (χ0) is 19.2. The van der Waals surface area contributed by atoms with Gasteiger partial charge in [0.1, 0.15) is 0 Å². The maximum Gasteiger partial charge on any atom is 0.360 e. The minimum atomic E-state index is -4.94. The number of carbonyl (C=O) groups is 1. The summed E-state index contributed by atoms with van der Waals surface area (Å²) in [5.41, 5.74) is 2.85. The monoisotopic (exact) mass is 378 g/mol. The van der Waals surface area contributed by atoms with Crippen LogP contribution >= 0.6 is 0 Å². The molecule has 8 heteroatoms. The second kappa shape index (κ2) is 8.70. The van der Waals surface area contributed by atoms with Crippen LogP contribution in [-0.2, 0) is 9.53 Å². The highest BCUT2D eigenvalue weighted by Gasteiger charge is 2.29. The number of ether oxygens (including phenoxy) is 1. The Bertz CT molecular complexity index is 817. The molecule has 0 unspecified atom stereocenters. The van der Waals surface area contributed by atoms with E-state index in [2.05, 4.69) is 0 Å². The Kier molecular flexibility index (Phi) is 6.62. The molecule has 1 aliphatic heterocycles. The van der Waals surface area contributed by atoms with Crippen molar-refractivity contribution in [2.45, 2.75) is 6.42 Å². The summed E-state index contributed by atoms with van der Waals surface area (Å²) >= 11 is 0. The number of para-hydroxylation sites is 1. The van der Waals surface area contributed by atoms with Gasteiger partial charge in [0.15, 0.2) is 0 Å². The van der Waals surface area contributed by atoms with E-state index in [1.807, 2.05) is 54.6 Å². The summed E-state index contributed by atoms with van der Waals surface area (Å²) in [5.74, 6) is 1.25. The fraction of sp³-hybridized carbons (Fsp3) is 0.111. The van der Waals surface area contributed by atoms with E-state index < -0.39 is 10.2 Å². The number of rotatable bonds is 2. The first-order valence-electron chi connectivity index (χ1n) is 7.36. The zero-order valence-corrected chi connectivity index (χ0v) is 14.5. The number of esters is 1. The highest BCUT2D eigenvalue weighted by Crippen LogP contribution is 2.36. The van der Waals surface area contributed by atoms with Crippen molar-refractivity contribution in [3.63, 3.8) is 0 Å². The van der Waals surface area contributed by atoms with Crippen molar-refractivity contribution in [1.82, 2.24) is 0 Å². The molecular formula is C18H15ClO7. The molecule has 3 rings (SSSR count). The molecule has 1 aliphatic rings. The predicted molar refractivity (Wildman–Crippen MR) is 81.3 cm³/mol. The molecule has 0 bridgehead atoms. The number of carbonyl (C=O) groups excluding carboxylic acids is 2. The fourth-order valence-electron chi connectivity index (χ4n) is 2.37. The van der Waals surface area contributed by atoms with Crippen molar-refractivity contribution in [1.29, 1.82) is 0 Å². The van der Waals surface area contributed by atoms with Crippen molar-refractivity contribution in [3.05, 3.63) is 71.8 Å². The third kappa shape index (κ3) is 6.07. The van der Waals surface area contributed by atoms with E-state index in [0.29, 0.717) is 6.42 Å². The molecule has 7 nitrogen and oxygen atoms in total. The second-order valence-corrected chi connectivity index (χ2v) is 5.89. The lowest BCUT2D eigenvalue weighted by Gasteiger charge is -2.17. The van der Waals surface area contributed by atoms with Crippen molar-refractivity contribution in [2.24, 2.45) is 0 Å². The van der Waals surface area contributed by atoms with Gasteiger partial charge in [-0.2, -0.15) is 0 Å². The van der Waals surface area contributed by atoms with Crippen LogP contribution in [0.2, 0.25) is 0 Å². The molecule has 136 valence electrons. The number of methoxy groups -OCH3 is 1. The molecule has 2 aromatic rings. The summed E-state index contributed by atoms with van der Waals surface area (Å²) < 4.78 is 44.7. The summed E-state index contributed by atoms with van der Waals surface area (Å²) in [4.78, 5) is 11.6. The summed E-state index contributed by atoms with van der Waals surface area (Å²) in [6.45, 7) is 0. The topological polar surface area (TPSA) is 130 Å². The lowest BCUT2D eigenvalue weighted by Crippen LogP contribution is -2.68. The van der Waals surface area contributed by atoms with Gasteiger partial charge in [0.2, 0.25) is 0 Å².